The van der Waals surface area contributed by atoms with E-state index in [1.54, 1.807) is 24.5 Å². The Hall–Kier alpha value is -1.37. The van der Waals surface area contributed by atoms with Crippen molar-refractivity contribution in [3.05, 3.63) is 41.4 Å². The first-order valence-corrected chi connectivity index (χ1v) is 10.2. The normalized spacial score (nSPS) is 22.1. The lowest BCUT2D eigenvalue weighted by Gasteiger charge is -2.42. The van der Waals surface area contributed by atoms with E-state index < -0.39 is 5.82 Å². The molecular weight excluding hydrogens is 371 g/mol. The van der Waals surface area contributed by atoms with E-state index in [1.165, 1.54) is 30.7 Å². The number of hydrogen-bond acceptors (Lipinski definition) is 5. The molecule has 2 aliphatic rings. The molecule has 2 N–H and O–H groups in total. The van der Waals surface area contributed by atoms with Gasteiger partial charge in [0.2, 0.25) is 0 Å². The van der Waals surface area contributed by atoms with Crippen LogP contribution in [0.2, 0.25) is 5.02 Å². The van der Waals surface area contributed by atoms with Gasteiger partial charge in [-0.3, -0.25) is 0 Å². The third-order valence-electron chi connectivity index (χ3n) is 5.80. The standard InChI is InChI=1S/C19H22ClFN4S/c20-18-13(21)3-1-4-14(18)26-17-12-23-16(11-24-17)25-9-7-19(8-10-25)6-2-5-15(19)22/h1,3-4,11-12,15H,2,5-10,22H2/t15-/m1/s1. The fourth-order valence-corrected chi connectivity index (χ4v) is 5.18. The van der Waals surface area contributed by atoms with Gasteiger partial charge in [0.1, 0.15) is 16.7 Å². The number of piperidine rings is 1. The zero-order valence-corrected chi connectivity index (χ0v) is 16.1. The summed E-state index contributed by atoms with van der Waals surface area (Å²) in [5.74, 6) is 0.467. The summed E-state index contributed by atoms with van der Waals surface area (Å²) in [6.45, 7) is 1.95. The Morgan fingerprint density at radius 1 is 1.19 bits per heavy atom. The number of rotatable bonds is 3. The molecule has 4 nitrogen and oxygen atoms in total. The lowest BCUT2D eigenvalue weighted by Crippen LogP contribution is -2.47. The van der Waals surface area contributed by atoms with Crippen molar-refractivity contribution < 1.29 is 4.39 Å². The molecule has 4 rings (SSSR count). The zero-order valence-electron chi connectivity index (χ0n) is 14.5. The van der Waals surface area contributed by atoms with E-state index in [1.807, 2.05) is 0 Å². The number of nitrogens with two attached hydrogens (primary N) is 1. The van der Waals surface area contributed by atoms with E-state index in [2.05, 4.69) is 14.9 Å². The van der Waals surface area contributed by atoms with Gasteiger partial charge in [0.25, 0.3) is 0 Å². The summed E-state index contributed by atoms with van der Waals surface area (Å²) in [5, 5.41) is 0.824. The average molecular weight is 393 g/mol. The van der Waals surface area contributed by atoms with Gasteiger partial charge in [0.05, 0.1) is 17.4 Å². The summed E-state index contributed by atoms with van der Waals surface area (Å²) in [7, 11) is 0. The van der Waals surface area contributed by atoms with Crippen molar-refractivity contribution in [1.29, 1.82) is 0 Å². The molecule has 26 heavy (non-hydrogen) atoms. The Morgan fingerprint density at radius 2 is 2.00 bits per heavy atom. The Balaban J connectivity index is 1.41. The van der Waals surface area contributed by atoms with Crippen molar-refractivity contribution in [2.75, 3.05) is 18.0 Å². The SMILES string of the molecule is N[C@@H]1CCCC12CCN(c1cnc(Sc3cccc(F)c3Cl)cn1)CC2. The van der Waals surface area contributed by atoms with Crippen LogP contribution in [0.4, 0.5) is 10.2 Å². The smallest absolute Gasteiger partial charge is 0.147 e. The van der Waals surface area contributed by atoms with Crippen molar-refractivity contribution in [2.24, 2.45) is 11.1 Å². The minimum Gasteiger partial charge on any atom is -0.355 e. The summed E-state index contributed by atoms with van der Waals surface area (Å²) >= 11 is 7.32. The van der Waals surface area contributed by atoms with Crippen LogP contribution in [0.15, 0.2) is 40.5 Å². The lowest BCUT2D eigenvalue weighted by atomic mass is 9.74. The van der Waals surface area contributed by atoms with Crippen LogP contribution in [0, 0.1) is 11.2 Å². The van der Waals surface area contributed by atoms with Gasteiger partial charge in [-0.1, -0.05) is 35.9 Å². The Labute approximate surface area is 162 Å². The van der Waals surface area contributed by atoms with Crippen LogP contribution < -0.4 is 10.6 Å². The number of nitrogens with zero attached hydrogens (tertiary/aromatic N) is 3. The van der Waals surface area contributed by atoms with Gasteiger partial charge in [0.15, 0.2) is 0 Å². The van der Waals surface area contributed by atoms with E-state index >= 15 is 0 Å². The van der Waals surface area contributed by atoms with Crippen LogP contribution in [-0.2, 0) is 0 Å². The highest BCUT2D eigenvalue weighted by Gasteiger charge is 2.42. The maximum atomic E-state index is 13.5. The quantitative estimate of drug-likeness (QED) is 0.832. The summed E-state index contributed by atoms with van der Waals surface area (Å²) in [6, 6.07) is 5.12. The Bertz CT molecular complexity index is 778. The molecule has 1 atom stereocenters. The highest BCUT2D eigenvalue weighted by atomic mass is 35.5. The molecule has 1 aliphatic heterocycles. The molecule has 0 unspecified atom stereocenters. The van der Waals surface area contributed by atoms with E-state index in [4.69, 9.17) is 17.3 Å². The molecule has 2 fully saturated rings. The van der Waals surface area contributed by atoms with E-state index in [-0.39, 0.29) is 5.02 Å². The highest BCUT2D eigenvalue weighted by Crippen LogP contribution is 2.45. The molecule has 0 bridgehead atoms. The zero-order chi connectivity index (χ0) is 18.1. The number of halogens is 2. The predicted octanol–water partition coefficient (Wildman–Crippen LogP) is 4.52. The van der Waals surface area contributed by atoms with E-state index in [0.29, 0.717) is 21.4 Å². The molecule has 1 aliphatic carbocycles. The third kappa shape index (κ3) is 3.42. The number of hydrogen-bond donors (Lipinski definition) is 1. The fourth-order valence-electron chi connectivity index (χ4n) is 4.17. The first-order chi connectivity index (χ1) is 12.6. The van der Waals surface area contributed by atoms with E-state index in [9.17, 15) is 4.39 Å². The second kappa shape index (κ2) is 7.33. The maximum Gasteiger partial charge on any atom is 0.147 e. The van der Waals surface area contributed by atoms with Crippen molar-refractivity contribution in [3.63, 3.8) is 0 Å². The minimum absolute atomic E-state index is 0.123. The monoisotopic (exact) mass is 392 g/mol. The van der Waals surface area contributed by atoms with Crippen molar-refractivity contribution in [2.45, 2.75) is 48.1 Å². The summed E-state index contributed by atoms with van der Waals surface area (Å²) < 4.78 is 13.5. The molecule has 138 valence electrons. The molecule has 1 aromatic heterocycles. The summed E-state index contributed by atoms with van der Waals surface area (Å²) in [6.07, 6.45) is 9.47. The fraction of sp³-hybridized carbons (Fsp3) is 0.474. The van der Waals surface area contributed by atoms with Gasteiger partial charge >= 0.3 is 0 Å². The van der Waals surface area contributed by atoms with Crippen LogP contribution in [-0.4, -0.2) is 29.1 Å². The summed E-state index contributed by atoms with van der Waals surface area (Å²) in [4.78, 5) is 12.0. The molecule has 1 saturated heterocycles. The van der Waals surface area contributed by atoms with Crippen LogP contribution in [0.25, 0.3) is 0 Å². The number of benzene rings is 1. The minimum atomic E-state index is -0.423. The van der Waals surface area contributed by atoms with Crippen LogP contribution in [0.3, 0.4) is 0 Å². The van der Waals surface area contributed by atoms with Gasteiger partial charge in [-0.15, -0.1) is 0 Å². The van der Waals surface area contributed by atoms with Crippen LogP contribution >= 0.6 is 23.4 Å². The third-order valence-corrected chi connectivity index (χ3v) is 7.28. The van der Waals surface area contributed by atoms with Gasteiger partial charge in [-0.05, 0) is 43.2 Å². The molecule has 1 saturated carbocycles. The van der Waals surface area contributed by atoms with Gasteiger partial charge in [-0.2, -0.15) is 0 Å². The first-order valence-electron chi connectivity index (χ1n) is 9.02. The number of anilines is 1. The molecule has 1 spiro atoms. The molecule has 2 heterocycles. The van der Waals surface area contributed by atoms with E-state index in [0.717, 1.165) is 38.2 Å². The Kier molecular flexibility index (Phi) is 5.08. The second-order valence-corrected chi connectivity index (χ2v) is 8.66. The average Bonchev–Trinajstić information content (AvgIpc) is 3.00. The highest BCUT2D eigenvalue weighted by molar-refractivity contribution is 7.99. The van der Waals surface area contributed by atoms with Crippen molar-refractivity contribution >= 4 is 29.2 Å². The van der Waals surface area contributed by atoms with Gasteiger partial charge in [0, 0.05) is 24.0 Å². The molecule has 1 aromatic carbocycles. The number of aromatic nitrogens is 2. The van der Waals surface area contributed by atoms with Crippen molar-refractivity contribution in [1.82, 2.24) is 9.97 Å². The van der Waals surface area contributed by atoms with Gasteiger partial charge < -0.3 is 10.6 Å². The molecular formula is C19H22ClFN4S. The summed E-state index contributed by atoms with van der Waals surface area (Å²) in [5.41, 5.74) is 6.70. The molecule has 2 aromatic rings. The first kappa shape index (κ1) is 18.0. The van der Waals surface area contributed by atoms with Gasteiger partial charge in [-0.25, -0.2) is 14.4 Å². The Morgan fingerprint density at radius 3 is 2.65 bits per heavy atom. The molecule has 0 amide bonds. The van der Waals surface area contributed by atoms with Crippen LogP contribution in [0.5, 0.6) is 0 Å². The largest absolute Gasteiger partial charge is 0.355 e. The maximum absolute atomic E-state index is 13.5. The topological polar surface area (TPSA) is 55.0 Å². The second-order valence-electron chi connectivity index (χ2n) is 7.21. The lowest BCUT2D eigenvalue weighted by molar-refractivity contribution is 0.197. The molecule has 0 radical (unpaired) electrons. The molecule has 7 heteroatoms. The predicted molar refractivity (Wildman–Crippen MR) is 103 cm³/mol. The van der Waals surface area contributed by atoms with Crippen molar-refractivity contribution in [3.8, 4) is 0 Å². The van der Waals surface area contributed by atoms with Crippen LogP contribution in [0.1, 0.15) is 32.1 Å².